The van der Waals surface area contributed by atoms with Crippen LogP contribution in [-0.2, 0) is 6.18 Å². The second kappa shape index (κ2) is 9.63. The van der Waals surface area contributed by atoms with Gasteiger partial charge in [0.2, 0.25) is 0 Å². The molecule has 0 heterocycles. The Labute approximate surface area is 180 Å². The SMILES string of the molecule is CCCC1CCC(c2ccc(C(F)=C(F)c3cc(F)c(C(F)(F)F)c(F)c3)c(F)c2)CC1. The van der Waals surface area contributed by atoms with Gasteiger partial charge in [0.15, 0.2) is 11.7 Å². The van der Waals surface area contributed by atoms with E-state index in [2.05, 4.69) is 6.92 Å². The summed E-state index contributed by atoms with van der Waals surface area (Å²) < 4.78 is 109. The van der Waals surface area contributed by atoms with Gasteiger partial charge in [0, 0.05) is 11.1 Å². The molecular weight excluding hydrogens is 440 g/mol. The van der Waals surface area contributed by atoms with E-state index in [4.69, 9.17) is 0 Å². The minimum atomic E-state index is -5.34. The van der Waals surface area contributed by atoms with Gasteiger partial charge in [0.05, 0.1) is 0 Å². The van der Waals surface area contributed by atoms with Crippen molar-refractivity contribution in [3.63, 3.8) is 0 Å². The van der Waals surface area contributed by atoms with Gasteiger partial charge in [-0.3, -0.25) is 0 Å². The molecule has 0 N–H and O–H groups in total. The Morgan fingerprint density at radius 1 is 0.844 bits per heavy atom. The van der Waals surface area contributed by atoms with Crippen molar-refractivity contribution in [2.45, 2.75) is 57.5 Å². The van der Waals surface area contributed by atoms with Crippen molar-refractivity contribution in [3.05, 3.63) is 70.0 Å². The number of halogens is 8. The van der Waals surface area contributed by atoms with Crippen LogP contribution in [0.3, 0.4) is 0 Å². The Morgan fingerprint density at radius 2 is 1.44 bits per heavy atom. The summed E-state index contributed by atoms with van der Waals surface area (Å²) in [4.78, 5) is 0. The summed E-state index contributed by atoms with van der Waals surface area (Å²) in [5, 5.41) is 0. The van der Waals surface area contributed by atoms with E-state index < -0.39 is 52.0 Å². The van der Waals surface area contributed by atoms with E-state index in [-0.39, 0.29) is 18.1 Å². The van der Waals surface area contributed by atoms with Crippen molar-refractivity contribution >= 4 is 11.7 Å². The first-order valence-corrected chi connectivity index (χ1v) is 10.4. The second-order valence-electron chi connectivity index (χ2n) is 8.19. The summed E-state index contributed by atoms with van der Waals surface area (Å²) in [6.45, 7) is 2.12. The fourth-order valence-electron chi connectivity index (χ4n) is 4.37. The lowest BCUT2D eigenvalue weighted by atomic mass is 9.77. The topological polar surface area (TPSA) is 0 Å². The van der Waals surface area contributed by atoms with Crippen LogP contribution in [0.1, 0.15) is 73.6 Å². The van der Waals surface area contributed by atoms with Gasteiger partial charge in [0.1, 0.15) is 23.0 Å². The molecule has 3 rings (SSSR count). The predicted molar refractivity (Wildman–Crippen MR) is 106 cm³/mol. The smallest absolute Gasteiger partial charge is 0.206 e. The Hall–Kier alpha value is -2.38. The van der Waals surface area contributed by atoms with E-state index in [1.54, 1.807) is 0 Å². The molecule has 0 bridgehead atoms. The van der Waals surface area contributed by atoms with E-state index in [0.29, 0.717) is 11.5 Å². The quantitative estimate of drug-likeness (QED) is 0.307. The van der Waals surface area contributed by atoms with E-state index in [1.807, 2.05) is 0 Å². The first kappa shape index (κ1) is 24.3. The lowest BCUT2D eigenvalue weighted by Gasteiger charge is -2.28. The molecule has 1 aliphatic rings. The van der Waals surface area contributed by atoms with Gasteiger partial charge in [-0.05, 0) is 67.3 Å². The maximum atomic E-state index is 14.6. The minimum Gasteiger partial charge on any atom is -0.206 e. The van der Waals surface area contributed by atoms with Crippen LogP contribution in [0.4, 0.5) is 35.1 Å². The van der Waals surface area contributed by atoms with Crippen LogP contribution < -0.4 is 0 Å². The van der Waals surface area contributed by atoms with Gasteiger partial charge in [-0.1, -0.05) is 25.8 Å². The molecule has 0 saturated heterocycles. The third-order valence-corrected chi connectivity index (χ3v) is 6.02. The highest BCUT2D eigenvalue weighted by molar-refractivity contribution is 5.83. The summed E-state index contributed by atoms with van der Waals surface area (Å²) in [5.74, 6) is -8.11. The Morgan fingerprint density at radius 3 is 1.94 bits per heavy atom. The Kier molecular flexibility index (Phi) is 7.30. The first-order valence-electron chi connectivity index (χ1n) is 10.4. The normalized spacial score (nSPS) is 20.3. The lowest BCUT2D eigenvalue weighted by Crippen LogP contribution is -2.13. The van der Waals surface area contributed by atoms with Gasteiger partial charge in [-0.2, -0.15) is 13.2 Å². The summed E-state index contributed by atoms with van der Waals surface area (Å²) in [7, 11) is 0. The second-order valence-corrected chi connectivity index (χ2v) is 8.19. The zero-order chi connectivity index (χ0) is 23.6. The van der Waals surface area contributed by atoms with Crippen LogP contribution in [0.25, 0.3) is 11.7 Å². The lowest BCUT2D eigenvalue weighted by molar-refractivity contribution is -0.142. The maximum Gasteiger partial charge on any atom is 0.422 e. The van der Waals surface area contributed by atoms with Crippen molar-refractivity contribution in [3.8, 4) is 0 Å². The molecule has 0 radical (unpaired) electrons. The van der Waals surface area contributed by atoms with E-state index in [0.717, 1.165) is 50.7 Å². The third-order valence-electron chi connectivity index (χ3n) is 6.02. The molecule has 0 nitrogen and oxygen atoms in total. The van der Waals surface area contributed by atoms with Gasteiger partial charge >= 0.3 is 6.18 Å². The zero-order valence-corrected chi connectivity index (χ0v) is 17.3. The standard InChI is InChI=1S/C24H22F8/c1-2-3-13-4-6-14(7-5-13)15-8-9-17(18(25)10-15)23(29)22(28)16-11-19(26)21(20(27)12-16)24(30,31)32/h8-14H,2-7H2,1H3. The highest BCUT2D eigenvalue weighted by Crippen LogP contribution is 2.40. The van der Waals surface area contributed by atoms with Crippen molar-refractivity contribution in [1.82, 2.24) is 0 Å². The molecule has 0 spiro atoms. The fourth-order valence-corrected chi connectivity index (χ4v) is 4.37. The van der Waals surface area contributed by atoms with Gasteiger partial charge in [-0.25, -0.2) is 22.0 Å². The van der Waals surface area contributed by atoms with Gasteiger partial charge in [-0.15, -0.1) is 0 Å². The Balaban J connectivity index is 1.86. The average molecular weight is 462 g/mol. The van der Waals surface area contributed by atoms with Crippen molar-refractivity contribution < 1.29 is 35.1 Å². The molecule has 1 saturated carbocycles. The summed E-state index contributed by atoms with van der Waals surface area (Å²) in [5.41, 5.74) is -3.42. The molecule has 0 unspecified atom stereocenters. The average Bonchev–Trinajstić information content (AvgIpc) is 2.72. The number of alkyl halides is 3. The minimum absolute atomic E-state index is 0.0296. The van der Waals surface area contributed by atoms with Crippen LogP contribution in [0.2, 0.25) is 0 Å². The van der Waals surface area contributed by atoms with Crippen LogP contribution >= 0.6 is 0 Å². The van der Waals surface area contributed by atoms with Crippen molar-refractivity contribution in [2.24, 2.45) is 5.92 Å². The summed E-state index contributed by atoms with van der Waals surface area (Å²) in [6.07, 6.45) is 0.637. The number of hydrogen-bond donors (Lipinski definition) is 0. The van der Waals surface area contributed by atoms with E-state index in [1.165, 1.54) is 6.07 Å². The van der Waals surface area contributed by atoms with Crippen LogP contribution in [0, 0.1) is 23.4 Å². The maximum absolute atomic E-state index is 14.6. The van der Waals surface area contributed by atoms with Crippen LogP contribution in [-0.4, -0.2) is 0 Å². The largest absolute Gasteiger partial charge is 0.422 e. The summed E-state index contributed by atoms with van der Waals surface area (Å²) in [6, 6.07) is 3.68. The third kappa shape index (κ3) is 5.15. The summed E-state index contributed by atoms with van der Waals surface area (Å²) >= 11 is 0. The van der Waals surface area contributed by atoms with Crippen molar-refractivity contribution in [1.29, 1.82) is 0 Å². The highest BCUT2D eigenvalue weighted by Gasteiger charge is 2.38. The molecule has 0 aromatic heterocycles. The van der Waals surface area contributed by atoms with E-state index >= 15 is 0 Å². The predicted octanol–water partition coefficient (Wildman–Crippen LogP) is 8.96. The molecule has 2 aromatic carbocycles. The van der Waals surface area contributed by atoms with Crippen LogP contribution in [0.15, 0.2) is 30.3 Å². The van der Waals surface area contributed by atoms with E-state index in [9.17, 15) is 35.1 Å². The van der Waals surface area contributed by atoms with Gasteiger partial charge < -0.3 is 0 Å². The molecule has 0 atom stereocenters. The zero-order valence-electron chi connectivity index (χ0n) is 17.3. The molecule has 1 aliphatic carbocycles. The molecule has 0 aliphatic heterocycles. The fraction of sp³-hybridized carbons (Fsp3) is 0.417. The molecule has 32 heavy (non-hydrogen) atoms. The first-order chi connectivity index (χ1) is 15.0. The number of benzene rings is 2. The van der Waals surface area contributed by atoms with Crippen molar-refractivity contribution in [2.75, 3.05) is 0 Å². The molecule has 0 amide bonds. The number of hydrogen-bond acceptors (Lipinski definition) is 0. The Bertz CT molecular complexity index is 975. The molecule has 1 fully saturated rings. The molecule has 8 heteroatoms. The van der Waals surface area contributed by atoms with Gasteiger partial charge in [0.25, 0.3) is 0 Å². The van der Waals surface area contributed by atoms with Crippen LogP contribution in [0.5, 0.6) is 0 Å². The highest BCUT2D eigenvalue weighted by atomic mass is 19.4. The molecule has 174 valence electrons. The molecule has 2 aromatic rings. The molecular formula is C24H22F8. The number of rotatable bonds is 5. The monoisotopic (exact) mass is 462 g/mol.